The number of rotatable bonds is 7. The second kappa shape index (κ2) is 4.94. The zero-order valence-corrected chi connectivity index (χ0v) is 8.71. The molecule has 0 aromatic heterocycles. The van der Waals surface area contributed by atoms with Crippen LogP contribution in [-0.2, 0) is 9.47 Å². The first-order valence-corrected chi connectivity index (χ1v) is 5.08. The zero-order valence-electron chi connectivity index (χ0n) is 8.71. The average molecular weight is 187 g/mol. The van der Waals surface area contributed by atoms with Crippen molar-refractivity contribution in [2.24, 2.45) is 11.7 Å². The largest absolute Gasteiger partial charge is 0.355 e. The lowest BCUT2D eigenvalue weighted by Crippen LogP contribution is -2.40. The molecule has 0 heterocycles. The summed E-state index contributed by atoms with van der Waals surface area (Å²) in [5.74, 6) is 0.805. The topological polar surface area (TPSA) is 44.5 Å². The Kier molecular flexibility index (Phi) is 4.16. The molecule has 1 aliphatic rings. The van der Waals surface area contributed by atoms with Gasteiger partial charge >= 0.3 is 0 Å². The van der Waals surface area contributed by atoms with E-state index in [-0.39, 0.29) is 5.54 Å². The fraction of sp³-hybridized carbons (Fsp3) is 1.00. The Morgan fingerprint density at radius 1 is 1.38 bits per heavy atom. The first-order chi connectivity index (χ1) is 6.14. The Balaban J connectivity index is 1.87. The summed E-state index contributed by atoms with van der Waals surface area (Å²) in [6.45, 7) is 5.88. The molecule has 1 atom stereocenters. The summed E-state index contributed by atoms with van der Waals surface area (Å²) < 4.78 is 10.6. The van der Waals surface area contributed by atoms with Crippen molar-refractivity contribution < 1.29 is 9.47 Å². The van der Waals surface area contributed by atoms with Gasteiger partial charge in [0.2, 0.25) is 0 Å². The molecule has 0 radical (unpaired) electrons. The normalized spacial score (nSPS) is 21.5. The SMILES string of the molecule is CCC(C)(N)COCOCC1CC1. The van der Waals surface area contributed by atoms with Crippen LogP contribution in [0.1, 0.15) is 33.1 Å². The minimum Gasteiger partial charge on any atom is -0.355 e. The van der Waals surface area contributed by atoms with Crippen molar-refractivity contribution in [2.75, 3.05) is 20.0 Å². The van der Waals surface area contributed by atoms with Gasteiger partial charge in [-0.05, 0) is 32.1 Å². The molecular formula is C10H21NO2. The van der Waals surface area contributed by atoms with Crippen molar-refractivity contribution >= 4 is 0 Å². The van der Waals surface area contributed by atoms with E-state index < -0.39 is 0 Å². The van der Waals surface area contributed by atoms with E-state index in [1.165, 1.54) is 12.8 Å². The van der Waals surface area contributed by atoms with E-state index >= 15 is 0 Å². The van der Waals surface area contributed by atoms with Crippen LogP contribution in [0, 0.1) is 5.92 Å². The van der Waals surface area contributed by atoms with Crippen LogP contribution in [0.5, 0.6) is 0 Å². The molecule has 78 valence electrons. The lowest BCUT2D eigenvalue weighted by Gasteiger charge is -2.22. The zero-order chi connectivity index (χ0) is 9.73. The van der Waals surface area contributed by atoms with Gasteiger partial charge in [-0.1, -0.05) is 6.92 Å². The van der Waals surface area contributed by atoms with E-state index in [1.807, 2.05) is 6.92 Å². The number of ether oxygens (including phenoxy) is 2. The van der Waals surface area contributed by atoms with Gasteiger partial charge in [0.25, 0.3) is 0 Å². The third-order valence-electron chi connectivity index (χ3n) is 2.46. The molecule has 1 rings (SSSR count). The molecule has 3 nitrogen and oxygen atoms in total. The van der Waals surface area contributed by atoms with Crippen molar-refractivity contribution in [2.45, 2.75) is 38.6 Å². The van der Waals surface area contributed by atoms with Crippen LogP contribution in [0.2, 0.25) is 0 Å². The quantitative estimate of drug-likeness (QED) is 0.485. The monoisotopic (exact) mass is 187 g/mol. The van der Waals surface area contributed by atoms with E-state index in [2.05, 4.69) is 6.92 Å². The minimum absolute atomic E-state index is 0.205. The number of nitrogens with two attached hydrogens (primary N) is 1. The van der Waals surface area contributed by atoms with Crippen LogP contribution >= 0.6 is 0 Å². The van der Waals surface area contributed by atoms with Crippen LogP contribution in [0.15, 0.2) is 0 Å². The highest BCUT2D eigenvalue weighted by Crippen LogP contribution is 2.28. The standard InChI is InChI=1S/C10H21NO2/c1-3-10(2,11)7-13-8-12-6-9-4-5-9/h9H,3-8,11H2,1-2H3. The maximum atomic E-state index is 5.89. The Morgan fingerprint density at radius 2 is 2.08 bits per heavy atom. The Labute approximate surface area is 80.6 Å². The lowest BCUT2D eigenvalue weighted by atomic mass is 10.0. The van der Waals surface area contributed by atoms with Gasteiger partial charge in [0, 0.05) is 5.54 Å². The summed E-state index contributed by atoms with van der Waals surface area (Å²) in [4.78, 5) is 0. The predicted molar refractivity (Wildman–Crippen MR) is 52.4 cm³/mol. The van der Waals surface area contributed by atoms with E-state index in [0.29, 0.717) is 13.4 Å². The maximum Gasteiger partial charge on any atom is 0.146 e. The fourth-order valence-electron chi connectivity index (χ4n) is 0.935. The van der Waals surface area contributed by atoms with Crippen molar-refractivity contribution in [1.82, 2.24) is 0 Å². The van der Waals surface area contributed by atoms with E-state index in [4.69, 9.17) is 15.2 Å². The molecule has 13 heavy (non-hydrogen) atoms. The van der Waals surface area contributed by atoms with Gasteiger partial charge in [0.05, 0.1) is 13.2 Å². The van der Waals surface area contributed by atoms with Crippen molar-refractivity contribution in [3.8, 4) is 0 Å². The van der Waals surface area contributed by atoms with Gasteiger partial charge in [-0.3, -0.25) is 0 Å². The first-order valence-electron chi connectivity index (χ1n) is 5.08. The van der Waals surface area contributed by atoms with Gasteiger partial charge in [-0.25, -0.2) is 0 Å². The van der Waals surface area contributed by atoms with E-state index in [0.717, 1.165) is 18.9 Å². The maximum absolute atomic E-state index is 5.89. The molecule has 0 amide bonds. The molecule has 0 saturated heterocycles. The molecular weight excluding hydrogens is 166 g/mol. The van der Waals surface area contributed by atoms with Gasteiger partial charge in [0.15, 0.2) is 0 Å². The summed E-state index contributed by atoms with van der Waals surface area (Å²) >= 11 is 0. The Morgan fingerprint density at radius 3 is 2.62 bits per heavy atom. The Hall–Kier alpha value is -0.120. The van der Waals surface area contributed by atoms with Crippen LogP contribution in [0.3, 0.4) is 0 Å². The van der Waals surface area contributed by atoms with Crippen molar-refractivity contribution in [1.29, 1.82) is 0 Å². The molecule has 2 N–H and O–H groups in total. The molecule has 1 unspecified atom stereocenters. The highest BCUT2D eigenvalue weighted by Gasteiger charge is 2.21. The smallest absolute Gasteiger partial charge is 0.146 e. The first kappa shape index (κ1) is 11.0. The van der Waals surface area contributed by atoms with Gasteiger partial charge < -0.3 is 15.2 Å². The summed E-state index contributed by atoms with van der Waals surface area (Å²) in [6.07, 6.45) is 3.57. The van der Waals surface area contributed by atoms with E-state index in [9.17, 15) is 0 Å². The number of hydrogen-bond acceptors (Lipinski definition) is 3. The predicted octanol–water partition coefficient (Wildman–Crippen LogP) is 1.51. The van der Waals surface area contributed by atoms with Crippen molar-refractivity contribution in [3.05, 3.63) is 0 Å². The molecule has 1 fully saturated rings. The summed E-state index contributed by atoms with van der Waals surface area (Å²) in [5, 5.41) is 0. The fourth-order valence-corrected chi connectivity index (χ4v) is 0.935. The Bertz CT molecular complexity index is 144. The van der Waals surface area contributed by atoms with Crippen LogP contribution in [0.4, 0.5) is 0 Å². The average Bonchev–Trinajstić information content (AvgIpc) is 2.87. The highest BCUT2D eigenvalue weighted by atomic mass is 16.7. The molecule has 1 saturated carbocycles. The van der Waals surface area contributed by atoms with Crippen LogP contribution in [0.25, 0.3) is 0 Å². The number of hydrogen-bond donors (Lipinski definition) is 1. The van der Waals surface area contributed by atoms with Gasteiger partial charge in [0.1, 0.15) is 6.79 Å². The van der Waals surface area contributed by atoms with Crippen LogP contribution in [-0.4, -0.2) is 25.5 Å². The molecule has 0 aromatic rings. The van der Waals surface area contributed by atoms with E-state index in [1.54, 1.807) is 0 Å². The molecule has 0 spiro atoms. The van der Waals surface area contributed by atoms with Gasteiger partial charge in [-0.2, -0.15) is 0 Å². The third-order valence-corrected chi connectivity index (χ3v) is 2.46. The second-order valence-electron chi connectivity index (χ2n) is 4.29. The van der Waals surface area contributed by atoms with Crippen molar-refractivity contribution in [3.63, 3.8) is 0 Å². The second-order valence-corrected chi connectivity index (χ2v) is 4.29. The molecule has 0 aromatic carbocycles. The third kappa shape index (κ3) is 5.24. The highest BCUT2D eigenvalue weighted by molar-refractivity contribution is 4.75. The van der Waals surface area contributed by atoms with Gasteiger partial charge in [-0.15, -0.1) is 0 Å². The molecule has 0 aliphatic heterocycles. The summed E-state index contributed by atoms with van der Waals surface area (Å²) in [7, 11) is 0. The molecule has 1 aliphatic carbocycles. The minimum atomic E-state index is -0.205. The molecule has 0 bridgehead atoms. The van der Waals surface area contributed by atoms with Crippen LogP contribution < -0.4 is 5.73 Å². The lowest BCUT2D eigenvalue weighted by molar-refractivity contribution is -0.0698. The molecule has 3 heteroatoms. The summed E-state index contributed by atoms with van der Waals surface area (Å²) in [5.41, 5.74) is 5.68. The summed E-state index contributed by atoms with van der Waals surface area (Å²) in [6, 6.07) is 0.